The van der Waals surface area contributed by atoms with Crippen molar-refractivity contribution in [1.82, 2.24) is 9.88 Å². The molecule has 0 saturated carbocycles. The number of pyridine rings is 1. The Morgan fingerprint density at radius 2 is 1.53 bits per heavy atom. The lowest BCUT2D eigenvalue weighted by atomic mass is 9.99. The number of hydrogen-bond donors (Lipinski definition) is 2. The fourth-order valence-corrected chi connectivity index (χ4v) is 5.04. The quantitative estimate of drug-likeness (QED) is 0.123. The van der Waals surface area contributed by atoms with Crippen molar-refractivity contribution in [3.63, 3.8) is 0 Å². The lowest BCUT2D eigenvalue weighted by molar-refractivity contribution is -0.252. The van der Waals surface area contributed by atoms with Crippen molar-refractivity contribution in [2.24, 2.45) is 0 Å². The molecule has 4 aromatic rings. The number of amides is 1. The van der Waals surface area contributed by atoms with Crippen LogP contribution in [0.15, 0.2) is 72.9 Å². The second-order valence-electron chi connectivity index (χ2n) is 10.7. The lowest BCUT2D eigenvalue weighted by Crippen LogP contribution is -2.38. The first kappa shape index (κ1) is 32.2. The first-order valence-electron chi connectivity index (χ1n) is 14.2. The normalized spacial score (nSPS) is 18.3. The number of hydrogen-bond acceptors (Lipinski definition) is 6. The molecule has 236 valence electrons. The Morgan fingerprint density at radius 3 is 2.16 bits per heavy atom. The monoisotopic (exact) mass is 627 g/mol. The van der Waals surface area contributed by atoms with Crippen LogP contribution in [0.25, 0.3) is 0 Å². The van der Waals surface area contributed by atoms with E-state index in [1.165, 1.54) is 12.1 Å². The van der Waals surface area contributed by atoms with Gasteiger partial charge < -0.3 is 24.8 Å². The van der Waals surface area contributed by atoms with Gasteiger partial charge in [0.25, 0.3) is 5.91 Å². The molecule has 12 heteroatoms. The molecule has 1 aliphatic heterocycles. The van der Waals surface area contributed by atoms with Crippen LogP contribution in [-0.2, 0) is 22.5 Å². The molecule has 0 radical (unpaired) electrons. The molecule has 2 N–H and O–H groups in total. The van der Waals surface area contributed by atoms with Gasteiger partial charge in [-0.25, -0.2) is 22.0 Å². The third kappa shape index (κ3) is 7.54. The molecule has 1 amide bonds. The predicted molar refractivity (Wildman–Crippen MR) is 154 cm³/mol. The lowest BCUT2D eigenvalue weighted by Gasteiger charge is -2.38. The van der Waals surface area contributed by atoms with E-state index in [4.69, 9.17) is 9.47 Å². The largest absolute Gasteiger partial charge is 0.392 e. The first-order chi connectivity index (χ1) is 21.6. The zero-order chi connectivity index (χ0) is 32.1. The maximum absolute atomic E-state index is 14.1. The summed E-state index contributed by atoms with van der Waals surface area (Å²) in [5, 5.41) is 11.6. The van der Waals surface area contributed by atoms with Gasteiger partial charge in [0.2, 0.25) is 5.82 Å². The fraction of sp³-hybridized carbons (Fsp3) is 0.273. The summed E-state index contributed by atoms with van der Waals surface area (Å²) in [6, 6.07) is 19.1. The van der Waals surface area contributed by atoms with Crippen molar-refractivity contribution >= 4 is 11.6 Å². The van der Waals surface area contributed by atoms with Gasteiger partial charge in [0, 0.05) is 49.1 Å². The molecule has 2 heterocycles. The van der Waals surface area contributed by atoms with E-state index >= 15 is 0 Å². The number of aromatic nitrogens is 1. The maximum Gasteiger partial charge on any atom is 0.261 e. The maximum atomic E-state index is 14.1. The highest BCUT2D eigenvalue weighted by Crippen LogP contribution is 2.38. The minimum absolute atomic E-state index is 0.0467. The minimum atomic E-state index is -2.35. The van der Waals surface area contributed by atoms with Crippen LogP contribution in [0.1, 0.15) is 51.6 Å². The number of halogens is 5. The number of rotatable bonds is 10. The van der Waals surface area contributed by atoms with Gasteiger partial charge in [-0.15, -0.1) is 0 Å². The van der Waals surface area contributed by atoms with E-state index in [1.807, 2.05) is 49.5 Å². The van der Waals surface area contributed by atoms with Gasteiger partial charge in [-0.3, -0.25) is 9.78 Å². The molecule has 1 aromatic heterocycles. The number of aliphatic hydroxyl groups excluding tert-OH is 1. The van der Waals surface area contributed by atoms with Gasteiger partial charge in [0.15, 0.2) is 29.6 Å². The fourth-order valence-electron chi connectivity index (χ4n) is 5.04. The van der Waals surface area contributed by atoms with Crippen LogP contribution in [0, 0.1) is 29.1 Å². The van der Waals surface area contributed by atoms with Crippen molar-refractivity contribution in [3.8, 4) is 0 Å². The van der Waals surface area contributed by atoms with Crippen molar-refractivity contribution in [3.05, 3.63) is 130 Å². The Hall–Kier alpha value is -4.23. The Kier molecular flexibility index (Phi) is 10.2. The van der Waals surface area contributed by atoms with Gasteiger partial charge >= 0.3 is 0 Å². The van der Waals surface area contributed by atoms with E-state index in [-0.39, 0.29) is 24.5 Å². The molecule has 45 heavy (non-hydrogen) atoms. The predicted octanol–water partition coefficient (Wildman–Crippen LogP) is 6.24. The number of benzene rings is 3. The number of likely N-dealkylation sites (N-methyl/N-ethyl adjacent to an activating group) is 1. The summed E-state index contributed by atoms with van der Waals surface area (Å²) in [6.45, 7) is 1.25. The molecule has 0 unspecified atom stereocenters. The number of nitrogens with zero attached hydrogens (tertiary/aromatic N) is 2. The first-order valence-corrected chi connectivity index (χ1v) is 14.2. The highest BCUT2D eigenvalue weighted by atomic mass is 19.2. The second-order valence-corrected chi connectivity index (χ2v) is 10.7. The zero-order valence-electron chi connectivity index (χ0n) is 24.2. The van der Waals surface area contributed by atoms with Crippen LogP contribution in [0.3, 0.4) is 0 Å². The molecular weight excluding hydrogens is 597 g/mol. The summed E-state index contributed by atoms with van der Waals surface area (Å²) in [6.07, 6.45) is 1.65. The number of carbonyl (C=O) groups excluding carboxylic acids is 1. The molecule has 1 aliphatic rings. The molecule has 1 saturated heterocycles. The van der Waals surface area contributed by atoms with Crippen molar-refractivity contribution in [2.45, 2.75) is 37.9 Å². The number of anilines is 1. The van der Waals surface area contributed by atoms with E-state index in [0.717, 1.165) is 29.8 Å². The van der Waals surface area contributed by atoms with Gasteiger partial charge in [-0.2, -0.15) is 0 Å². The van der Waals surface area contributed by atoms with Crippen LogP contribution in [0.5, 0.6) is 0 Å². The van der Waals surface area contributed by atoms with E-state index in [0.29, 0.717) is 18.5 Å². The molecule has 1 fully saturated rings. The molecule has 0 aliphatic carbocycles. The third-order valence-electron chi connectivity index (χ3n) is 7.48. The number of ether oxygens (including phenoxy) is 2. The average molecular weight is 628 g/mol. The molecule has 0 spiro atoms. The zero-order valence-corrected chi connectivity index (χ0v) is 24.2. The van der Waals surface area contributed by atoms with Gasteiger partial charge in [-0.1, -0.05) is 42.5 Å². The highest BCUT2D eigenvalue weighted by molar-refractivity contribution is 6.04. The third-order valence-corrected chi connectivity index (χ3v) is 7.48. The molecular formula is C33H30F5N3O4. The molecule has 5 rings (SSSR count). The Bertz CT molecular complexity index is 1600. The molecule has 0 bridgehead atoms. The molecule has 3 atom stereocenters. The summed E-state index contributed by atoms with van der Waals surface area (Å²) in [7, 11) is 1.99. The Balaban J connectivity index is 1.31. The summed E-state index contributed by atoms with van der Waals surface area (Å²) >= 11 is 0. The topological polar surface area (TPSA) is 83.9 Å². The van der Waals surface area contributed by atoms with Gasteiger partial charge in [0.05, 0.1) is 18.8 Å². The smallest absolute Gasteiger partial charge is 0.261 e. The summed E-state index contributed by atoms with van der Waals surface area (Å²) in [5.41, 5.74) is 1.67. The standard InChI is InChI=1S/C33H30F5N3O4/c1-41(15-13-22-4-2-3-14-39-22)17-24-16-25(20-7-5-19(18-42)6-8-20)45-33(44-24)21-9-11-23(12-10-21)40-32(43)26-27(34)29(36)31(38)30(37)28(26)35/h2-12,14,24-25,33,42H,13,15-18H2,1H3,(H,40,43)/t24-,25+,33+/m1/s1. The van der Waals surface area contributed by atoms with E-state index in [9.17, 15) is 31.9 Å². The summed E-state index contributed by atoms with van der Waals surface area (Å²) in [5.74, 6) is -12.7. The van der Waals surface area contributed by atoms with Crippen LogP contribution in [0.4, 0.5) is 27.6 Å². The number of aliphatic hydroxyl groups is 1. The second kappa shape index (κ2) is 14.2. The number of carbonyl (C=O) groups is 1. The van der Waals surface area contributed by atoms with E-state index in [1.54, 1.807) is 18.3 Å². The van der Waals surface area contributed by atoms with Crippen LogP contribution < -0.4 is 5.32 Å². The Morgan fingerprint density at radius 1 is 0.889 bits per heavy atom. The van der Waals surface area contributed by atoms with E-state index < -0.39 is 46.8 Å². The van der Waals surface area contributed by atoms with Gasteiger partial charge in [0.1, 0.15) is 5.56 Å². The van der Waals surface area contributed by atoms with Crippen LogP contribution in [0.2, 0.25) is 0 Å². The number of nitrogens with one attached hydrogen (secondary N) is 1. The van der Waals surface area contributed by atoms with Crippen molar-refractivity contribution in [2.75, 3.05) is 25.5 Å². The highest BCUT2D eigenvalue weighted by Gasteiger charge is 2.33. The van der Waals surface area contributed by atoms with Crippen molar-refractivity contribution < 1.29 is 41.3 Å². The summed E-state index contributed by atoms with van der Waals surface area (Å²) < 4.78 is 81.4. The molecule has 7 nitrogen and oxygen atoms in total. The van der Waals surface area contributed by atoms with Gasteiger partial charge in [-0.05, 0) is 42.4 Å². The minimum Gasteiger partial charge on any atom is -0.392 e. The van der Waals surface area contributed by atoms with Crippen molar-refractivity contribution in [1.29, 1.82) is 0 Å². The average Bonchev–Trinajstić information content (AvgIpc) is 3.06. The SMILES string of the molecule is CN(CCc1ccccn1)C[C@H]1C[C@@H](c2ccc(CO)cc2)O[C@@H](c2ccc(NC(=O)c3c(F)c(F)c(F)c(F)c3F)cc2)O1. The van der Waals surface area contributed by atoms with E-state index in [2.05, 4.69) is 15.2 Å². The molecule has 3 aromatic carbocycles. The summed E-state index contributed by atoms with van der Waals surface area (Å²) in [4.78, 5) is 19.0. The van der Waals surface area contributed by atoms with Crippen LogP contribution >= 0.6 is 0 Å². The Labute approximate surface area is 256 Å². The van der Waals surface area contributed by atoms with Crippen LogP contribution in [-0.4, -0.2) is 47.1 Å².